The molecule has 0 aliphatic heterocycles. The maximum atomic E-state index is 7.28. The highest BCUT2D eigenvalue weighted by Crippen LogP contribution is 2.55. The van der Waals surface area contributed by atoms with Gasteiger partial charge in [-0.15, -0.1) is 0 Å². The summed E-state index contributed by atoms with van der Waals surface area (Å²) in [4.78, 5) is 0. The van der Waals surface area contributed by atoms with E-state index in [0.717, 1.165) is 0 Å². The summed E-state index contributed by atoms with van der Waals surface area (Å²) < 4.78 is 0. The number of hydrogen-bond acceptors (Lipinski definition) is 0. The van der Waals surface area contributed by atoms with Crippen molar-refractivity contribution in [1.29, 1.82) is 0 Å². The Bertz CT molecular complexity index is 204. The lowest BCUT2D eigenvalue weighted by Gasteiger charge is -2.45. The average Bonchev–Trinajstić information content (AvgIpc) is 2.44. The lowest BCUT2D eigenvalue weighted by molar-refractivity contribution is 0.388. The van der Waals surface area contributed by atoms with Gasteiger partial charge >= 0.3 is 0 Å². The zero-order valence-electron chi connectivity index (χ0n) is 14.9. The minimum absolute atomic E-state index is 0.506. The summed E-state index contributed by atoms with van der Waals surface area (Å²) in [6.45, 7) is 11.7. The van der Waals surface area contributed by atoms with Crippen molar-refractivity contribution >= 4 is 18.5 Å². The average molecular weight is 319 g/mol. The first-order valence-corrected chi connectivity index (χ1v) is 12.9. The van der Waals surface area contributed by atoms with E-state index in [4.69, 9.17) is 11.1 Å². The van der Waals surface area contributed by atoms with Gasteiger partial charge in [-0.2, -0.15) is 11.1 Å². The maximum absolute atomic E-state index is 7.28. The molecule has 0 nitrogen and oxygen atoms in total. The second-order valence-corrected chi connectivity index (χ2v) is 13.4. The van der Waals surface area contributed by atoms with Crippen molar-refractivity contribution in [2.45, 2.75) is 116 Å². The van der Waals surface area contributed by atoms with Crippen LogP contribution in [0.25, 0.3) is 0 Å². The van der Waals surface area contributed by atoms with Crippen molar-refractivity contribution in [3.8, 4) is 0 Å². The van der Waals surface area contributed by atoms with Crippen molar-refractivity contribution in [2.24, 2.45) is 0 Å². The largest absolute Gasteiger partial charge is 0.167 e. The molecule has 0 saturated heterocycles. The second-order valence-electron chi connectivity index (χ2n) is 6.89. The van der Waals surface area contributed by atoms with Gasteiger partial charge in [0.25, 0.3) is 0 Å². The third-order valence-electron chi connectivity index (χ3n) is 5.13. The minimum Gasteiger partial charge on any atom is -0.167 e. The highest BCUT2D eigenvalue weighted by atomic mass is 35.6. The van der Waals surface area contributed by atoms with Crippen LogP contribution in [0.5, 0.6) is 0 Å². The molecule has 0 saturated carbocycles. The van der Waals surface area contributed by atoms with Gasteiger partial charge in [-0.1, -0.05) is 85.6 Å². The molecule has 0 aromatic carbocycles. The first-order valence-electron chi connectivity index (χ1n) is 9.18. The Morgan fingerprint density at radius 1 is 0.700 bits per heavy atom. The molecule has 0 spiro atoms. The van der Waals surface area contributed by atoms with Gasteiger partial charge in [-0.25, -0.2) is 0 Å². The van der Waals surface area contributed by atoms with E-state index in [1.807, 2.05) is 0 Å². The summed E-state index contributed by atoms with van der Waals surface area (Å²) >= 11 is 7.28. The zero-order chi connectivity index (χ0) is 15.5. The lowest BCUT2D eigenvalue weighted by atomic mass is 9.89. The molecule has 0 aromatic heterocycles. The van der Waals surface area contributed by atoms with Crippen molar-refractivity contribution in [2.75, 3.05) is 0 Å². The topological polar surface area (TPSA) is 0 Å². The molecule has 0 amide bonds. The summed E-state index contributed by atoms with van der Waals surface area (Å²) in [6, 6.07) is 1.32. The molecule has 0 bridgehead atoms. The van der Waals surface area contributed by atoms with Gasteiger partial charge in [0.15, 0.2) is 7.38 Å². The fraction of sp³-hybridized carbons (Fsp3) is 1.00. The first kappa shape index (κ1) is 20.5. The quantitative estimate of drug-likeness (QED) is 0.239. The number of rotatable bonds is 13. The predicted octanol–water partition coefficient (Wildman–Crippen LogP) is 7.91. The van der Waals surface area contributed by atoms with Gasteiger partial charge in [-0.3, -0.25) is 0 Å². The van der Waals surface area contributed by atoms with E-state index < -0.39 is 7.38 Å². The van der Waals surface area contributed by atoms with Gasteiger partial charge in [-0.05, 0) is 30.3 Å². The van der Waals surface area contributed by atoms with E-state index in [1.54, 1.807) is 0 Å². The molecular formula is C18H39ClSi. The predicted molar refractivity (Wildman–Crippen MR) is 98.5 cm³/mol. The van der Waals surface area contributed by atoms with Gasteiger partial charge < -0.3 is 0 Å². The third kappa shape index (κ3) is 6.51. The van der Waals surface area contributed by atoms with Crippen molar-refractivity contribution in [3.05, 3.63) is 0 Å². The Labute approximate surface area is 134 Å². The molecular weight excluding hydrogens is 280 g/mol. The van der Waals surface area contributed by atoms with Crippen LogP contribution < -0.4 is 0 Å². The van der Waals surface area contributed by atoms with Crippen molar-refractivity contribution in [1.82, 2.24) is 0 Å². The van der Waals surface area contributed by atoms with Crippen LogP contribution >= 0.6 is 11.1 Å². The van der Waals surface area contributed by atoms with Gasteiger partial charge in [0.05, 0.1) is 0 Å². The summed E-state index contributed by atoms with van der Waals surface area (Å²) in [5, 5.41) is 0.506. The standard InChI is InChI=1S/C18H39ClSi/c1-6-10-14-18(15-11-7-2,16-12-8-3)20(5,19)17-13-9-4/h6-17H2,1-5H3. The smallest absolute Gasteiger partial charge is 0.159 e. The second kappa shape index (κ2) is 11.1. The van der Waals surface area contributed by atoms with E-state index in [2.05, 4.69) is 34.2 Å². The molecule has 0 radical (unpaired) electrons. The van der Waals surface area contributed by atoms with Gasteiger partial charge in [0.1, 0.15) is 0 Å². The summed E-state index contributed by atoms with van der Waals surface area (Å²) in [5.74, 6) is 0. The van der Waals surface area contributed by atoms with Gasteiger partial charge in [0, 0.05) is 0 Å². The molecule has 0 rings (SSSR count). The van der Waals surface area contributed by atoms with Crippen LogP contribution in [0.3, 0.4) is 0 Å². The van der Waals surface area contributed by atoms with Crippen molar-refractivity contribution < 1.29 is 0 Å². The molecule has 1 atom stereocenters. The Balaban J connectivity index is 5.08. The van der Waals surface area contributed by atoms with Crippen LogP contribution in [0.1, 0.15) is 98.3 Å². The molecule has 2 heteroatoms. The summed E-state index contributed by atoms with van der Waals surface area (Å²) in [6.07, 6.45) is 14.8. The highest BCUT2D eigenvalue weighted by Gasteiger charge is 2.46. The number of halogens is 1. The van der Waals surface area contributed by atoms with Crippen LogP contribution in [0.2, 0.25) is 17.6 Å². The Morgan fingerprint density at radius 2 is 1.05 bits per heavy atom. The SMILES string of the molecule is CCCCC(CCCC)(CCCC)[Si](C)(Cl)CCCC. The van der Waals surface area contributed by atoms with Crippen molar-refractivity contribution in [3.63, 3.8) is 0 Å². The van der Waals surface area contributed by atoms with E-state index in [-0.39, 0.29) is 0 Å². The Morgan fingerprint density at radius 3 is 1.35 bits per heavy atom. The molecule has 20 heavy (non-hydrogen) atoms. The first-order chi connectivity index (χ1) is 9.49. The molecule has 0 N–H and O–H groups in total. The van der Waals surface area contributed by atoms with E-state index in [0.29, 0.717) is 5.04 Å². The zero-order valence-corrected chi connectivity index (χ0v) is 16.6. The molecule has 1 unspecified atom stereocenters. The normalized spacial score (nSPS) is 15.3. The lowest BCUT2D eigenvalue weighted by Crippen LogP contribution is -2.40. The summed E-state index contributed by atoms with van der Waals surface area (Å²) in [5.41, 5.74) is 0. The molecule has 0 fully saturated rings. The highest BCUT2D eigenvalue weighted by molar-refractivity contribution is 7.21. The van der Waals surface area contributed by atoms with E-state index in [9.17, 15) is 0 Å². The molecule has 0 aromatic rings. The summed E-state index contributed by atoms with van der Waals surface area (Å²) in [7, 11) is -1.64. The molecule has 122 valence electrons. The Hall–Kier alpha value is 0.507. The number of unbranched alkanes of at least 4 members (excludes halogenated alkanes) is 4. The maximum Gasteiger partial charge on any atom is 0.159 e. The fourth-order valence-electron chi connectivity index (χ4n) is 3.48. The van der Waals surface area contributed by atoms with Crippen LogP contribution in [0, 0.1) is 0 Å². The number of hydrogen-bond donors (Lipinski definition) is 0. The van der Waals surface area contributed by atoms with E-state index in [1.165, 1.54) is 76.7 Å². The minimum atomic E-state index is -1.64. The monoisotopic (exact) mass is 318 g/mol. The molecule has 0 aliphatic carbocycles. The van der Waals surface area contributed by atoms with Crippen LogP contribution in [0.4, 0.5) is 0 Å². The third-order valence-corrected chi connectivity index (χ3v) is 11.2. The van der Waals surface area contributed by atoms with Crippen LogP contribution in [-0.4, -0.2) is 7.38 Å². The Kier molecular flexibility index (Phi) is 11.4. The molecule has 0 heterocycles. The van der Waals surface area contributed by atoms with Crippen LogP contribution in [0.15, 0.2) is 0 Å². The van der Waals surface area contributed by atoms with Gasteiger partial charge in [0.2, 0.25) is 0 Å². The molecule has 0 aliphatic rings. The van der Waals surface area contributed by atoms with Crippen LogP contribution in [-0.2, 0) is 0 Å². The van der Waals surface area contributed by atoms with E-state index >= 15 is 0 Å². The fourth-order valence-corrected chi connectivity index (χ4v) is 8.37.